The molecule has 2 aromatic carbocycles. The molecule has 0 amide bonds. The number of hydrogen-bond donors (Lipinski definition) is 1. The van der Waals surface area contributed by atoms with Crippen molar-refractivity contribution in [1.82, 2.24) is 19.7 Å². The van der Waals surface area contributed by atoms with E-state index in [1.807, 2.05) is 12.1 Å². The van der Waals surface area contributed by atoms with Gasteiger partial charge in [0.05, 0.1) is 17.3 Å². The fourth-order valence-electron chi connectivity index (χ4n) is 3.34. The van der Waals surface area contributed by atoms with Crippen molar-refractivity contribution in [3.63, 3.8) is 0 Å². The number of hydrogen-bond acceptors (Lipinski definition) is 6. The molecular formula is C21H25N7. The predicted octanol–water partition coefficient (Wildman–Crippen LogP) is 3.19. The van der Waals surface area contributed by atoms with Crippen molar-refractivity contribution in [2.75, 3.05) is 43.4 Å². The van der Waals surface area contributed by atoms with Crippen LogP contribution in [-0.2, 0) is 0 Å². The molecule has 3 aromatic rings. The summed E-state index contributed by atoms with van der Waals surface area (Å²) in [6, 6.07) is 15.8. The zero-order chi connectivity index (χ0) is 19.5. The molecule has 1 saturated heterocycles. The number of likely N-dealkylation sites (N-methyl/N-ethyl adjacent to an activating group) is 1. The Morgan fingerprint density at radius 1 is 1.04 bits per heavy atom. The largest absolute Gasteiger partial charge is 0.369 e. The van der Waals surface area contributed by atoms with Gasteiger partial charge in [-0.15, -0.1) is 5.10 Å². The lowest BCUT2D eigenvalue weighted by Gasteiger charge is -2.34. The molecule has 0 aliphatic carbocycles. The number of aromatic nitrogens is 3. The predicted molar refractivity (Wildman–Crippen MR) is 112 cm³/mol. The van der Waals surface area contributed by atoms with Crippen molar-refractivity contribution in [1.29, 1.82) is 5.26 Å². The Balaban J connectivity index is 0.00000240. The Morgan fingerprint density at radius 2 is 1.79 bits per heavy atom. The molecular weight excluding hydrogens is 350 g/mol. The number of nitriles is 1. The zero-order valence-corrected chi connectivity index (χ0v) is 16.1. The summed E-state index contributed by atoms with van der Waals surface area (Å²) in [6.07, 6.45) is 1.67. The first-order chi connectivity index (χ1) is 13.6. The summed E-state index contributed by atoms with van der Waals surface area (Å²) in [5.41, 5.74) is 4.89. The molecule has 1 N–H and O–H groups in total. The van der Waals surface area contributed by atoms with Gasteiger partial charge in [0.1, 0.15) is 6.33 Å². The highest BCUT2D eigenvalue weighted by atomic mass is 15.4. The molecule has 0 unspecified atom stereocenters. The molecule has 0 atom stereocenters. The monoisotopic (exact) mass is 375 g/mol. The molecule has 28 heavy (non-hydrogen) atoms. The van der Waals surface area contributed by atoms with Crippen LogP contribution in [0.2, 0.25) is 0 Å². The van der Waals surface area contributed by atoms with E-state index in [4.69, 9.17) is 5.26 Å². The van der Waals surface area contributed by atoms with Crippen LogP contribution >= 0.6 is 0 Å². The third kappa shape index (κ3) is 3.97. The van der Waals surface area contributed by atoms with Gasteiger partial charge in [-0.2, -0.15) is 10.2 Å². The highest BCUT2D eigenvalue weighted by Gasteiger charge is 2.15. The molecule has 1 aromatic heterocycles. The molecule has 0 saturated carbocycles. The normalized spacial score (nSPS) is 14.7. The van der Waals surface area contributed by atoms with Gasteiger partial charge in [-0.3, -0.25) is 0 Å². The van der Waals surface area contributed by atoms with Crippen LogP contribution in [0.4, 0.5) is 17.3 Å². The summed E-state index contributed by atoms with van der Waals surface area (Å²) in [4.78, 5) is 9.14. The van der Waals surface area contributed by atoms with Crippen LogP contribution in [0.25, 0.3) is 5.69 Å². The molecule has 2 heterocycles. The fraction of sp³-hybridized carbons (Fsp3) is 0.286. The van der Waals surface area contributed by atoms with Gasteiger partial charge >= 0.3 is 0 Å². The SMILES string of the molecule is Cc1cc(Nc2ncn(-c3ccc(C#N)cc3)n2)cc(N2CCN(C)CC2)c1.[HH]. The smallest absolute Gasteiger partial charge is 0.246 e. The topological polar surface area (TPSA) is 73.0 Å². The van der Waals surface area contributed by atoms with E-state index < -0.39 is 0 Å². The highest BCUT2D eigenvalue weighted by molar-refractivity contribution is 5.64. The number of rotatable bonds is 4. The molecule has 0 spiro atoms. The second kappa shape index (κ2) is 7.71. The van der Waals surface area contributed by atoms with Crippen LogP contribution in [0.15, 0.2) is 48.8 Å². The highest BCUT2D eigenvalue weighted by Crippen LogP contribution is 2.25. The van der Waals surface area contributed by atoms with Crippen LogP contribution in [-0.4, -0.2) is 52.9 Å². The molecule has 4 rings (SSSR count). The number of anilines is 3. The average Bonchev–Trinajstić information content (AvgIpc) is 3.16. The Morgan fingerprint density at radius 3 is 2.50 bits per heavy atom. The van der Waals surface area contributed by atoms with Crippen molar-refractivity contribution in [2.24, 2.45) is 0 Å². The van der Waals surface area contributed by atoms with Gasteiger partial charge in [0.2, 0.25) is 5.95 Å². The van der Waals surface area contributed by atoms with Crippen molar-refractivity contribution in [3.8, 4) is 11.8 Å². The summed E-state index contributed by atoms with van der Waals surface area (Å²) in [6.45, 7) is 6.32. The number of piperazine rings is 1. The first-order valence-electron chi connectivity index (χ1n) is 9.35. The summed E-state index contributed by atoms with van der Waals surface area (Å²) < 4.78 is 1.70. The summed E-state index contributed by atoms with van der Waals surface area (Å²) >= 11 is 0. The maximum atomic E-state index is 8.92. The lowest BCUT2D eigenvalue weighted by atomic mass is 10.1. The molecule has 0 radical (unpaired) electrons. The van der Waals surface area contributed by atoms with E-state index in [1.54, 1.807) is 23.1 Å². The van der Waals surface area contributed by atoms with Gasteiger partial charge in [-0.1, -0.05) is 0 Å². The minimum atomic E-state index is 0. The van der Waals surface area contributed by atoms with Crippen LogP contribution in [0, 0.1) is 18.3 Å². The van der Waals surface area contributed by atoms with Gasteiger partial charge in [0.15, 0.2) is 0 Å². The third-order valence-corrected chi connectivity index (χ3v) is 4.94. The zero-order valence-electron chi connectivity index (χ0n) is 16.1. The Labute approximate surface area is 166 Å². The number of aryl methyl sites for hydroxylation is 1. The van der Waals surface area contributed by atoms with Crippen molar-refractivity contribution in [3.05, 3.63) is 59.9 Å². The molecule has 7 nitrogen and oxygen atoms in total. The van der Waals surface area contributed by atoms with E-state index in [0.29, 0.717) is 11.5 Å². The van der Waals surface area contributed by atoms with Crippen molar-refractivity contribution >= 4 is 17.3 Å². The minimum Gasteiger partial charge on any atom is -0.369 e. The quantitative estimate of drug-likeness (QED) is 0.755. The molecule has 7 heteroatoms. The summed E-state index contributed by atoms with van der Waals surface area (Å²) in [7, 11) is 2.16. The van der Waals surface area contributed by atoms with E-state index >= 15 is 0 Å². The third-order valence-electron chi connectivity index (χ3n) is 4.94. The summed E-state index contributed by atoms with van der Waals surface area (Å²) in [5.74, 6) is 0.541. The maximum absolute atomic E-state index is 8.92. The Kier molecular flexibility index (Phi) is 4.96. The second-order valence-corrected chi connectivity index (χ2v) is 7.14. The van der Waals surface area contributed by atoms with Crippen LogP contribution < -0.4 is 10.2 Å². The van der Waals surface area contributed by atoms with E-state index in [0.717, 1.165) is 37.6 Å². The van der Waals surface area contributed by atoms with Gasteiger partial charge in [0, 0.05) is 39.0 Å². The lowest BCUT2D eigenvalue weighted by molar-refractivity contribution is 0.313. The Hall–Kier alpha value is -3.37. The molecule has 1 fully saturated rings. The van der Waals surface area contributed by atoms with Gasteiger partial charge < -0.3 is 15.1 Å². The lowest BCUT2D eigenvalue weighted by Crippen LogP contribution is -2.44. The standard InChI is InChI=1S/C21H23N7.H2/c1-16-11-18(13-20(12-16)27-9-7-26(2)8-10-27)24-21-23-15-28(25-21)19-5-3-17(14-22)4-6-19;/h3-6,11-13,15H,7-10H2,1-2H3,(H,24,25);1H. The van der Waals surface area contributed by atoms with E-state index in [-0.39, 0.29) is 1.43 Å². The average molecular weight is 375 g/mol. The Bertz CT molecular complexity index is 999. The molecule has 144 valence electrons. The summed E-state index contributed by atoms with van der Waals surface area (Å²) in [5, 5.41) is 16.7. The molecule has 1 aliphatic rings. The fourth-order valence-corrected chi connectivity index (χ4v) is 3.34. The molecule has 1 aliphatic heterocycles. The number of benzene rings is 2. The molecule has 0 bridgehead atoms. The van der Waals surface area contributed by atoms with Crippen LogP contribution in [0.5, 0.6) is 0 Å². The minimum absolute atomic E-state index is 0. The maximum Gasteiger partial charge on any atom is 0.246 e. The van der Waals surface area contributed by atoms with Crippen molar-refractivity contribution in [2.45, 2.75) is 6.92 Å². The van der Waals surface area contributed by atoms with E-state index in [9.17, 15) is 0 Å². The first kappa shape index (κ1) is 18.0. The second-order valence-electron chi connectivity index (χ2n) is 7.14. The van der Waals surface area contributed by atoms with Crippen molar-refractivity contribution < 1.29 is 1.43 Å². The van der Waals surface area contributed by atoms with Crippen LogP contribution in [0.1, 0.15) is 12.6 Å². The van der Waals surface area contributed by atoms with E-state index in [1.165, 1.54) is 11.3 Å². The van der Waals surface area contributed by atoms with E-state index in [2.05, 4.69) is 63.4 Å². The first-order valence-corrected chi connectivity index (χ1v) is 9.35. The van der Waals surface area contributed by atoms with Crippen LogP contribution in [0.3, 0.4) is 0 Å². The van der Waals surface area contributed by atoms with Gasteiger partial charge in [-0.25, -0.2) is 4.68 Å². The van der Waals surface area contributed by atoms with Gasteiger partial charge in [-0.05, 0) is 62.0 Å². The van der Waals surface area contributed by atoms with Gasteiger partial charge in [0.25, 0.3) is 0 Å². The number of nitrogens with zero attached hydrogens (tertiary/aromatic N) is 6. The number of nitrogens with one attached hydrogen (secondary N) is 1.